The van der Waals surface area contributed by atoms with Crippen LogP contribution in [-0.2, 0) is 14.3 Å². The largest absolute Gasteiger partial charge is 0.443 e. The van der Waals surface area contributed by atoms with Crippen molar-refractivity contribution in [3.05, 3.63) is 108 Å². The number of benzene rings is 3. The standard InChI is InChI=1S/C35H31N5O6/c1-35(2,3)46-34(45)40-19-25(22-12-6-9-15-29(22)40)28(39-33(44)31(42)24-17-37-27-14-8-5-11-21(24)27)18-38-32(43)30(41)23-16-36-26-13-7-4-10-20(23)26/h4-17,19,28,36-37H,18H2,1-3H3,(H,38,43)(H,39,44). The fourth-order valence-electron chi connectivity index (χ4n) is 5.45. The van der Waals surface area contributed by atoms with Crippen LogP contribution in [0.2, 0.25) is 0 Å². The lowest BCUT2D eigenvalue weighted by molar-refractivity contribution is -0.119. The smallest absolute Gasteiger partial charge is 0.419 e. The summed E-state index contributed by atoms with van der Waals surface area (Å²) < 4.78 is 6.92. The van der Waals surface area contributed by atoms with Crippen LogP contribution in [0.1, 0.15) is 53.1 Å². The number of ether oxygens (including phenoxy) is 1. The first-order valence-electron chi connectivity index (χ1n) is 14.6. The van der Waals surface area contributed by atoms with E-state index in [1.165, 1.54) is 23.2 Å². The van der Waals surface area contributed by atoms with Crippen LogP contribution in [0.3, 0.4) is 0 Å². The van der Waals surface area contributed by atoms with Crippen LogP contribution in [0, 0.1) is 0 Å². The van der Waals surface area contributed by atoms with E-state index in [2.05, 4.69) is 20.6 Å². The molecule has 3 aromatic heterocycles. The van der Waals surface area contributed by atoms with Gasteiger partial charge < -0.3 is 25.3 Å². The van der Waals surface area contributed by atoms with E-state index in [1.54, 1.807) is 81.4 Å². The number of amides is 2. The minimum atomic E-state index is -1.02. The first kappa shape index (κ1) is 30.1. The van der Waals surface area contributed by atoms with Gasteiger partial charge in [0.05, 0.1) is 22.7 Å². The highest BCUT2D eigenvalue weighted by Crippen LogP contribution is 2.28. The lowest BCUT2D eigenvalue weighted by Gasteiger charge is -2.20. The highest BCUT2D eigenvalue weighted by atomic mass is 16.6. The van der Waals surface area contributed by atoms with Gasteiger partial charge in [-0.2, -0.15) is 0 Å². The third-order valence-electron chi connectivity index (χ3n) is 7.56. The van der Waals surface area contributed by atoms with Crippen molar-refractivity contribution in [2.45, 2.75) is 32.4 Å². The molecule has 11 nitrogen and oxygen atoms in total. The zero-order chi connectivity index (χ0) is 32.6. The van der Waals surface area contributed by atoms with Crippen LogP contribution in [-0.4, -0.2) is 56.2 Å². The average molecular weight is 618 g/mol. The topological polar surface area (TPSA) is 155 Å². The number of hydrogen-bond acceptors (Lipinski definition) is 6. The second-order valence-electron chi connectivity index (χ2n) is 11.8. The third kappa shape index (κ3) is 5.77. The van der Waals surface area contributed by atoms with E-state index in [1.807, 2.05) is 12.1 Å². The fourth-order valence-corrected chi connectivity index (χ4v) is 5.45. The molecule has 0 aliphatic carbocycles. The number of carbonyl (C=O) groups excluding carboxylic acids is 5. The number of carbonyl (C=O) groups is 5. The van der Waals surface area contributed by atoms with Crippen molar-refractivity contribution in [2.75, 3.05) is 6.54 Å². The van der Waals surface area contributed by atoms with Crippen molar-refractivity contribution in [3.63, 3.8) is 0 Å². The second-order valence-corrected chi connectivity index (χ2v) is 11.8. The molecule has 1 atom stereocenters. The van der Waals surface area contributed by atoms with E-state index in [4.69, 9.17) is 4.74 Å². The van der Waals surface area contributed by atoms with Gasteiger partial charge in [0.2, 0.25) is 0 Å². The Hall–Kier alpha value is -5.97. The Morgan fingerprint density at radius 3 is 1.85 bits per heavy atom. The number of nitrogens with zero attached hydrogens (tertiary/aromatic N) is 1. The van der Waals surface area contributed by atoms with Gasteiger partial charge in [-0.05, 0) is 39.0 Å². The molecule has 3 aromatic carbocycles. The molecule has 0 aliphatic rings. The number of aromatic amines is 2. The Kier molecular flexibility index (Phi) is 7.74. The zero-order valence-corrected chi connectivity index (χ0v) is 25.3. The first-order chi connectivity index (χ1) is 22.0. The predicted octanol–water partition coefficient (Wildman–Crippen LogP) is 5.43. The molecule has 0 radical (unpaired) electrons. The monoisotopic (exact) mass is 617 g/mol. The van der Waals surface area contributed by atoms with Crippen molar-refractivity contribution < 1.29 is 28.7 Å². The predicted molar refractivity (Wildman–Crippen MR) is 173 cm³/mol. The normalized spacial score (nSPS) is 12.2. The van der Waals surface area contributed by atoms with Crippen molar-refractivity contribution >= 4 is 62.2 Å². The molecule has 0 aliphatic heterocycles. The van der Waals surface area contributed by atoms with Gasteiger partial charge in [-0.3, -0.25) is 23.7 Å². The number of aromatic nitrogens is 3. The molecule has 232 valence electrons. The molecule has 2 amide bonds. The van der Waals surface area contributed by atoms with Crippen LogP contribution in [0.5, 0.6) is 0 Å². The van der Waals surface area contributed by atoms with Gasteiger partial charge in [0, 0.05) is 57.9 Å². The summed E-state index contributed by atoms with van der Waals surface area (Å²) in [4.78, 5) is 72.4. The number of ketones is 2. The molecule has 0 spiro atoms. The molecule has 0 saturated carbocycles. The Morgan fingerprint density at radius 2 is 1.26 bits per heavy atom. The summed E-state index contributed by atoms with van der Waals surface area (Å²) in [5.74, 6) is -3.39. The lowest BCUT2D eigenvalue weighted by atomic mass is 10.0. The molecule has 0 fully saturated rings. The van der Waals surface area contributed by atoms with Gasteiger partial charge in [0.15, 0.2) is 0 Å². The highest BCUT2D eigenvalue weighted by molar-refractivity contribution is 6.45. The van der Waals surface area contributed by atoms with Crippen molar-refractivity contribution in [1.29, 1.82) is 0 Å². The summed E-state index contributed by atoms with van der Waals surface area (Å²) in [5.41, 5.74) is 1.93. The SMILES string of the molecule is CC(C)(C)OC(=O)n1cc(C(CNC(=O)C(=O)c2c[nH]c3ccccc23)NC(=O)C(=O)c2c[nH]c3ccccc23)c2ccccc21. The van der Waals surface area contributed by atoms with E-state index < -0.39 is 41.1 Å². The van der Waals surface area contributed by atoms with E-state index in [0.29, 0.717) is 38.3 Å². The second kappa shape index (κ2) is 11.8. The fraction of sp³-hybridized carbons (Fsp3) is 0.171. The van der Waals surface area contributed by atoms with Gasteiger partial charge >= 0.3 is 6.09 Å². The van der Waals surface area contributed by atoms with Crippen LogP contribution in [0.25, 0.3) is 32.7 Å². The lowest BCUT2D eigenvalue weighted by Crippen LogP contribution is -2.42. The van der Waals surface area contributed by atoms with Crippen LogP contribution >= 0.6 is 0 Å². The molecule has 0 saturated heterocycles. The van der Waals surface area contributed by atoms with Gasteiger partial charge in [-0.25, -0.2) is 4.79 Å². The van der Waals surface area contributed by atoms with Gasteiger partial charge in [0.25, 0.3) is 23.4 Å². The maximum absolute atomic E-state index is 13.5. The molecule has 11 heteroatoms. The highest BCUT2D eigenvalue weighted by Gasteiger charge is 2.29. The minimum Gasteiger partial charge on any atom is -0.443 e. The number of rotatable bonds is 8. The minimum absolute atomic E-state index is 0.182. The molecule has 4 N–H and O–H groups in total. The molecular formula is C35H31N5O6. The molecule has 3 heterocycles. The Morgan fingerprint density at radius 1 is 0.739 bits per heavy atom. The third-order valence-corrected chi connectivity index (χ3v) is 7.56. The number of H-pyrrole nitrogens is 2. The number of Topliss-reactive ketones (excluding diaryl/α,β-unsaturated/α-hetero) is 2. The molecule has 46 heavy (non-hydrogen) atoms. The van der Waals surface area contributed by atoms with Gasteiger partial charge in [0.1, 0.15) is 5.60 Å². The maximum atomic E-state index is 13.5. The number of hydrogen-bond donors (Lipinski definition) is 4. The summed E-state index contributed by atoms with van der Waals surface area (Å²) in [7, 11) is 0. The summed E-state index contributed by atoms with van der Waals surface area (Å²) in [6.07, 6.45) is 3.80. The van der Waals surface area contributed by atoms with E-state index in [-0.39, 0.29) is 17.7 Å². The van der Waals surface area contributed by atoms with Gasteiger partial charge in [-0.15, -0.1) is 0 Å². The van der Waals surface area contributed by atoms with Crippen LogP contribution in [0.15, 0.2) is 91.4 Å². The van der Waals surface area contributed by atoms with E-state index in [0.717, 1.165) is 0 Å². The van der Waals surface area contributed by atoms with Crippen molar-refractivity contribution in [3.8, 4) is 0 Å². The Bertz CT molecular complexity index is 2160. The summed E-state index contributed by atoms with van der Waals surface area (Å²) in [6.45, 7) is 4.98. The summed E-state index contributed by atoms with van der Waals surface area (Å²) in [6, 6.07) is 20.2. The van der Waals surface area contributed by atoms with Crippen molar-refractivity contribution in [1.82, 2.24) is 25.2 Å². The molecular weight excluding hydrogens is 586 g/mol. The average Bonchev–Trinajstić information content (AvgIpc) is 3.77. The zero-order valence-electron chi connectivity index (χ0n) is 25.3. The number of para-hydroxylation sites is 3. The quantitative estimate of drug-likeness (QED) is 0.132. The molecule has 6 aromatic rings. The summed E-state index contributed by atoms with van der Waals surface area (Å²) in [5, 5.41) is 7.12. The van der Waals surface area contributed by atoms with Crippen molar-refractivity contribution in [2.24, 2.45) is 0 Å². The number of fused-ring (bicyclic) bond motifs is 3. The van der Waals surface area contributed by atoms with E-state index >= 15 is 0 Å². The Labute approximate surface area is 262 Å². The molecule has 1 unspecified atom stereocenters. The van der Waals surface area contributed by atoms with Gasteiger partial charge in [-0.1, -0.05) is 54.6 Å². The Balaban J connectivity index is 1.33. The van der Waals surface area contributed by atoms with Crippen LogP contribution < -0.4 is 10.6 Å². The molecule has 0 bridgehead atoms. The van der Waals surface area contributed by atoms with E-state index in [9.17, 15) is 24.0 Å². The van der Waals surface area contributed by atoms with Crippen LogP contribution in [0.4, 0.5) is 4.79 Å². The molecule has 6 rings (SSSR count). The first-order valence-corrected chi connectivity index (χ1v) is 14.6. The maximum Gasteiger partial charge on any atom is 0.419 e. The summed E-state index contributed by atoms with van der Waals surface area (Å²) >= 11 is 0. The number of nitrogens with one attached hydrogen (secondary N) is 4.